The molecule has 0 N–H and O–H groups in total. The van der Waals surface area contributed by atoms with Gasteiger partial charge in [0.15, 0.2) is 0 Å². The number of amides is 1. The average Bonchev–Trinajstić information content (AvgIpc) is 3.03. The van der Waals surface area contributed by atoms with Crippen molar-refractivity contribution in [2.45, 2.75) is 18.9 Å². The van der Waals surface area contributed by atoms with Crippen molar-refractivity contribution >= 4 is 5.91 Å². The Kier molecular flexibility index (Phi) is 4.24. The van der Waals surface area contributed by atoms with E-state index in [0.717, 1.165) is 12.8 Å². The van der Waals surface area contributed by atoms with Gasteiger partial charge in [-0.15, -0.1) is 0 Å². The molecule has 1 aliphatic rings. The Labute approximate surface area is 136 Å². The van der Waals surface area contributed by atoms with Gasteiger partial charge in [0.05, 0.1) is 25.8 Å². The molecule has 4 nitrogen and oxygen atoms in total. The number of fused-ring (bicyclic) bond motifs is 1. The summed E-state index contributed by atoms with van der Waals surface area (Å²) in [6.45, 7) is 0. The first-order valence-electron chi connectivity index (χ1n) is 7.72. The molecule has 0 fully saturated rings. The van der Waals surface area contributed by atoms with Crippen molar-refractivity contribution in [1.82, 2.24) is 4.90 Å². The van der Waals surface area contributed by atoms with Gasteiger partial charge >= 0.3 is 0 Å². The van der Waals surface area contributed by atoms with Crippen LogP contribution < -0.4 is 9.47 Å². The molecule has 4 heteroatoms. The second-order valence-corrected chi connectivity index (χ2v) is 5.74. The zero-order valence-electron chi connectivity index (χ0n) is 13.7. The minimum atomic E-state index is -0.0359. The summed E-state index contributed by atoms with van der Waals surface area (Å²) in [5.74, 6) is 1.17. The third-order valence-electron chi connectivity index (χ3n) is 4.53. The second kappa shape index (κ2) is 6.32. The van der Waals surface area contributed by atoms with Crippen LogP contribution in [0, 0.1) is 0 Å². The maximum atomic E-state index is 12.9. The number of nitrogens with zero attached hydrogens (tertiary/aromatic N) is 1. The van der Waals surface area contributed by atoms with E-state index in [1.807, 2.05) is 18.0 Å². The van der Waals surface area contributed by atoms with Crippen molar-refractivity contribution < 1.29 is 14.3 Å². The Balaban J connectivity index is 1.89. The van der Waals surface area contributed by atoms with Gasteiger partial charge < -0.3 is 14.4 Å². The van der Waals surface area contributed by atoms with Crippen molar-refractivity contribution in [2.75, 3.05) is 21.3 Å². The molecule has 2 aromatic rings. The van der Waals surface area contributed by atoms with Crippen LogP contribution in [-0.4, -0.2) is 32.1 Å². The lowest BCUT2D eigenvalue weighted by molar-refractivity contribution is 0.0727. The first-order valence-corrected chi connectivity index (χ1v) is 7.72. The molecule has 0 bridgehead atoms. The zero-order chi connectivity index (χ0) is 16.4. The maximum absolute atomic E-state index is 12.9. The summed E-state index contributed by atoms with van der Waals surface area (Å²) in [5.41, 5.74) is 3.13. The molecule has 1 aliphatic carbocycles. The van der Waals surface area contributed by atoms with Crippen LogP contribution in [-0.2, 0) is 6.42 Å². The Morgan fingerprint density at radius 1 is 1.13 bits per heavy atom. The van der Waals surface area contributed by atoms with E-state index in [1.54, 1.807) is 32.4 Å². The third kappa shape index (κ3) is 2.77. The number of benzene rings is 2. The minimum absolute atomic E-state index is 0.0359. The Bertz CT molecular complexity index is 726. The number of hydrogen-bond acceptors (Lipinski definition) is 3. The monoisotopic (exact) mass is 311 g/mol. The molecule has 23 heavy (non-hydrogen) atoms. The first kappa shape index (κ1) is 15.4. The van der Waals surface area contributed by atoms with Crippen LogP contribution in [0.4, 0.5) is 0 Å². The van der Waals surface area contributed by atoms with Crippen LogP contribution in [0.25, 0.3) is 0 Å². The second-order valence-electron chi connectivity index (χ2n) is 5.74. The molecule has 1 unspecified atom stereocenters. The summed E-state index contributed by atoms with van der Waals surface area (Å²) in [5, 5.41) is 0. The van der Waals surface area contributed by atoms with E-state index in [-0.39, 0.29) is 11.9 Å². The quantitative estimate of drug-likeness (QED) is 0.868. The molecule has 0 radical (unpaired) electrons. The molecule has 0 heterocycles. The van der Waals surface area contributed by atoms with Gasteiger partial charge in [0, 0.05) is 13.1 Å². The maximum Gasteiger partial charge on any atom is 0.257 e. The number of aryl methyl sites for hydroxylation is 1. The number of methoxy groups -OCH3 is 2. The van der Waals surface area contributed by atoms with Gasteiger partial charge in [-0.1, -0.05) is 24.3 Å². The van der Waals surface area contributed by atoms with Gasteiger partial charge in [0.1, 0.15) is 11.5 Å². The Morgan fingerprint density at radius 2 is 1.91 bits per heavy atom. The average molecular weight is 311 g/mol. The number of rotatable bonds is 4. The number of carbonyl (C=O) groups excluding carboxylic acids is 1. The van der Waals surface area contributed by atoms with Gasteiger partial charge in [0.25, 0.3) is 5.91 Å². The summed E-state index contributed by atoms with van der Waals surface area (Å²) in [4.78, 5) is 14.7. The molecule has 0 aliphatic heterocycles. The molecular weight excluding hydrogens is 290 g/mol. The summed E-state index contributed by atoms with van der Waals surface area (Å²) >= 11 is 0. The predicted octanol–water partition coefficient (Wildman–Crippen LogP) is 3.46. The smallest absolute Gasteiger partial charge is 0.257 e. The highest BCUT2D eigenvalue weighted by Crippen LogP contribution is 2.36. The number of hydrogen-bond donors (Lipinski definition) is 0. The molecule has 2 aromatic carbocycles. The minimum Gasteiger partial charge on any atom is -0.497 e. The first-order chi connectivity index (χ1) is 11.2. The van der Waals surface area contributed by atoms with Crippen molar-refractivity contribution in [3.05, 3.63) is 59.2 Å². The summed E-state index contributed by atoms with van der Waals surface area (Å²) in [6, 6.07) is 13.7. The molecular formula is C19H21NO3. The van der Waals surface area contributed by atoms with Gasteiger partial charge in [-0.3, -0.25) is 4.79 Å². The molecule has 120 valence electrons. The fourth-order valence-electron chi connectivity index (χ4n) is 3.24. The summed E-state index contributed by atoms with van der Waals surface area (Å²) in [6.07, 6.45) is 1.97. The lowest BCUT2D eigenvalue weighted by Crippen LogP contribution is -2.30. The third-order valence-corrected chi connectivity index (χ3v) is 4.53. The topological polar surface area (TPSA) is 38.8 Å². The largest absolute Gasteiger partial charge is 0.497 e. The van der Waals surface area contributed by atoms with Crippen LogP contribution in [0.5, 0.6) is 11.5 Å². The van der Waals surface area contributed by atoms with Gasteiger partial charge in [-0.2, -0.15) is 0 Å². The fraction of sp³-hybridized carbons (Fsp3) is 0.316. The SMILES string of the molecule is COc1ccc(C(=O)N(C)C2CCc3ccccc32)c(OC)c1. The van der Waals surface area contributed by atoms with Crippen molar-refractivity contribution in [1.29, 1.82) is 0 Å². The van der Waals surface area contributed by atoms with Gasteiger partial charge in [-0.25, -0.2) is 0 Å². The summed E-state index contributed by atoms with van der Waals surface area (Å²) in [7, 11) is 5.02. The molecule has 1 atom stereocenters. The highest BCUT2D eigenvalue weighted by Gasteiger charge is 2.30. The highest BCUT2D eigenvalue weighted by atomic mass is 16.5. The molecule has 1 amide bonds. The lowest BCUT2D eigenvalue weighted by atomic mass is 10.1. The van der Waals surface area contributed by atoms with E-state index in [1.165, 1.54) is 11.1 Å². The van der Waals surface area contributed by atoms with E-state index in [9.17, 15) is 4.79 Å². The van der Waals surface area contributed by atoms with Crippen LogP contribution in [0.2, 0.25) is 0 Å². The Hall–Kier alpha value is -2.49. The molecule has 3 rings (SSSR count). The van der Waals surface area contributed by atoms with E-state index in [0.29, 0.717) is 17.1 Å². The lowest BCUT2D eigenvalue weighted by Gasteiger charge is -2.26. The normalized spacial score (nSPS) is 15.9. The highest BCUT2D eigenvalue weighted by molar-refractivity contribution is 5.97. The van der Waals surface area contributed by atoms with Crippen molar-refractivity contribution in [3.63, 3.8) is 0 Å². The molecule has 0 spiro atoms. The van der Waals surface area contributed by atoms with Crippen LogP contribution in [0.1, 0.15) is 33.9 Å². The van der Waals surface area contributed by atoms with Gasteiger partial charge in [-0.05, 0) is 36.1 Å². The van der Waals surface area contributed by atoms with E-state index in [4.69, 9.17) is 9.47 Å². The summed E-state index contributed by atoms with van der Waals surface area (Å²) < 4.78 is 10.6. The van der Waals surface area contributed by atoms with Crippen molar-refractivity contribution in [3.8, 4) is 11.5 Å². The van der Waals surface area contributed by atoms with Crippen molar-refractivity contribution in [2.24, 2.45) is 0 Å². The number of carbonyl (C=O) groups is 1. The van der Waals surface area contributed by atoms with Crippen LogP contribution in [0.3, 0.4) is 0 Å². The fourth-order valence-corrected chi connectivity index (χ4v) is 3.24. The standard InChI is InChI=1S/C19H21NO3/c1-20(17-11-8-13-6-4-5-7-15(13)17)19(21)16-10-9-14(22-2)12-18(16)23-3/h4-7,9-10,12,17H,8,11H2,1-3H3. The zero-order valence-corrected chi connectivity index (χ0v) is 13.7. The van der Waals surface area contributed by atoms with Gasteiger partial charge in [0.2, 0.25) is 0 Å². The van der Waals surface area contributed by atoms with E-state index >= 15 is 0 Å². The number of ether oxygens (including phenoxy) is 2. The molecule has 0 saturated carbocycles. The predicted molar refractivity (Wildman–Crippen MR) is 89.1 cm³/mol. The van der Waals surface area contributed by atoms with Crippen LogP contribution >= 0.6 is 0 Å². The molecule has 0 saturated heterocycles. The van der Waals surface area contributed by atoms with Crippen LogP contribution in [0.15, 0.2) is 42.5 Å². The Morgan fingerprint density at radius 3 is 2.65 bits per heavy atom. The molecule has 0 aromatic heterocycles. The van der Waals surface area contributed by atoms with E-state index < -0.39 is 0 Å². The van der Waals surface area contributed by atoms with E-state index in [2.05, 4.69) is 18.2 Å².